The third kappa shape index (κ3) is 3.72. The van der Waals surface area contributed by atoms with Crippen molar-refractivity contribution in [2.24, 2.45) is 10.9 Å². The lowest BCUT2D eigenvalue weighted by molar-refractivity contribution is 0.273. The van der Waals surface area contributed by atoms with E-state index in [-0.39, 0.29) is 0 Å². The van der Waals surface area contributed by atoms with Gasteiger partial charge in [0.25, 0.3) is 0 Å². The second-order valence-corrected chi connectivity index (χ2v) is 5.50. The summed E-state index contributed by atoms with van der Waals surface area (Å²) < 4.78 is 0. The zero-order chi connectivity index (χ0) is 13.7. The molecule has 0 radical (unpaired) electrons. The summed E-state index contributed by atoms with van der Waals surface area (Å²) in [5.74, 6) is 1.89. The molecule has 1 aliphatic heterocycles. The number of nitrogens with one attached hydrogen (secondary N) is 1. The minimum atomic E-state index is 0.853. The van der Waals surface area contributed by atoms with Crippen LogP contribution in [0.2, 0.25) is 0 Å². The van der Waals surface area contributed by atoms with Gasteiger partial charge in [0.2, 0.25) is 0 Å². The molecule has 0 atom stereocenters. The minimum Gasteiger partial charge on any atom is -0.352 e. The highest BCUT2D eigenvalue weighted by Gasteiger charge is 2.18. The summed E-state index contributed by atoms with van der Waals surface area (Å²) in [4.78, 5) is 6.79. The van der Waals surface area contributed by atoms with E-state index in [0.29, 0.717) is 0 Å². The lowest BCUT2D eigenvalue weighted by Gasteiger charge is -2.33. The number of nitrogens with zero attached hydrogens (tertiary/aromatic N) is 2. The first kappa shape index (κ1) is 13.9. The molecule has 1 aromatic carbocycles. The van der Waals surface area contributed by atoms with E-state index >= 15 is 0 Å². The van der Waals surface area contributed by atoms with Crippen LogP contribution in [0, 0.1) is 12.8 Å². The predicted molar refractivity (Wildman–Crippen MR) is 81.3 cm³/mol. The Labute approximate surface area is 116 Å². The van der Waals surface area contributed by atoms with Gasteiger partial charge in [0.05, 0.1) is 0 Å². The summed E-state index contributed by atoms with van der Waals surface area (Å²) in [7, 11) is 1.87. The van der Waals surface area contributed by atoms with Gasteiger partial charge in [-0.25, -0.2) is 0 Å². The Morgan fingerprint density at radius 2 is 2.00 bits per heavy atom. The van der Waals surface area contributed by atoms with Gasteiger partial charge in [0.15, 0.2) is 5.96 Å². The van der Waals surface area contributed by atoms with E-state index in [0.717, 1.165) is 31.5 Å². The maximum atomic E-state index is 4.41. The topological polar surface area (TPSA) is 27.6 Å². The number of benzene rings is 1. The van der Waals surface area contributed by atoms with Crippen LogP contribution in [0.3, 0.4) is 0 Å². The Hall–Kier alpha value is -1.51. The van der Waals surface area contributed by atoms with Gasteiger partial charge in [-0.2, -0.15) is 0 Å². The molecule has 3 nitrogen and oxygen atoms in total. The number of likely N-dealkylation sites (tertiary alicyclic amines) is 1. The normalized spacial score (nSPS) is 17.6. The third-order valence-electron chi connectivity index (χ3n) is 3.99. The van der Waals surface area contributed by atoms with Gasteiger partial charge in [-0.3, -0.25) is 4.99 Å². The molecule has 1 aromatic rings. The van der Waals surface area contributed by atoms with Gasteiger partial charge in [-0.1, -0.05) is 31.2 Å². The van der Waals surface area contributed by atoms with Crippen molar-refractivity contribution >= 4 is 5.96 Å². The number of aryl methyl sites for hydroxylation is 1. The summed E-state index contributed by atoms with van der Waals surface area (Å²) >= 11 is 0. The number of hydrogen-bond donors (Lipinski definition) is 1. The fourth-order valence-electron chi connectivity index (χ4n) is 2.54. The number of guanidine groups is 1. The van der Waals surface area contributed by atoms with Crippen LogP contribution < -0.4 is 5.32 Å². The van der Waals surface area contributed by atoms with Crippen molar-refractivity contribution in [2.45, 2.75) is 33.2 Å². The third-order valence-corrected chi connectivity index (χ3v) is 3.99. The second kappa shape index (κ2) is 6.60. The van der Waals surface area contributed by atoms with E-state index in [1.54, 1.807) is 0 Å². The number of aliphatic imine (C=N–C) groups is 1. The van der Waals surface area contributed by atoms with Crippen LogP contribution in [0.15, 0.2) is 29.3 Å². The van der Waals surface area contributed by atoms with Crippen LogP contribution >= 0.6 is 0 Å². The van der Waals surface area contributed by atoms with Crippen LogP contribution in [-0.4, -0.2) is 31.0 Å². The molecule has 0 bridgehead atoms. The standard InChI is InChI=1S/C16H25N3/c1-13-8-10-19(11-9-13)16(17-3)18-12-15-7-5-4-6-14(15)2/h4-7,13H,8-12H2,1-3H3,(H,17,18). The molecular formula is C16H25N3. The van der Waals surface area contributed by atoms with E-state index in [4.69, 9.17) is 0 Å². The van der Waals surface area contributed by atoms with Crippen LogP contribution in [0.5, 0.6) is 0 Å². The Morgan fingerprint density at radius 1 is 1.32 bits per heavy atom. The molecule has 1 N–H and O–H groups in total. The van der Waals surface area contributed by atoms with E-state index in [1.807, 2.05) is 7.05 Å². The molecule has 3 heteroatoms. The van der Waals surface area contributed by atoms with Crippen LogP contribution in [0.25, 0.3) is 0 Å². The highest BCUT2D eigenvalue weighted by atomic mass is 15.3. The molecule has 19 heavy (non-hydrogen) atoms. The predicted octanol–water partition coefficient (Wildman–Crippen LogP) is 2.80. The quantitative estimate of drug-likeness (QED) is 0.653. The zero-order valence-corrected chi connectivity index (χ0v) is 12.3. The summed E-state index contributed by atoms with van der Waals surface area (Å²) in [6.07, 6.45) is 2.54. The first-order chi connectivity index (χ1) is 9.20. The molecule has 1 heterocycles. The average molecular weight is 259 g/mol. The fourth-order valence-corrected chi connectivity index (χ4v) is 2.54. The average Bonchev–Trinajstić information content (AvgIpc) is 2.43. The zero-order valence-electron chi connectivity index (χ0n) is 12.3. The van der Waals surface area contributed by atoms with E-state index in [9.17, 15) is 0 Å². The summed E-state index contributed by atoms with van der Waals surface area (Å²) in [5.41, 5.74) is 2.67. The van der Waals surface area contributed by atoms with Crippen molar-refractivity contribution < 1.29 is 0 Å². The Morgan fingerprint density at radius 3 is 2.63 bits per heavy atom. The second-order valence-electron chi connectivity index (χ2n) is 5.50. The smallest absolute Gasteiger partial charge is 0.193 e. The number of piperidine rings is 1. The molecule has 0 saturated carbocycles. The molecule has 0 spiro atoms. The van der Waals surface area contributed by atoms with Gasteiger partial charge in [0, 0.05) is 26.7 Å². The molecular weight excluding hydrogens is 234 g/mol. The summed E-state index contributed by atoms with van der Waals surface area (Å²) in [6.45, 7) is 7.58. The summed E-state index contributed by atoms with van der Waals surface area (Å²) in [5, 5.41) is 3.49. The van der Waals surface area contributed by atoms with E-state index < -0.39 is 0 Å². The Bertz CT molecular complexity index is 431. The van der Waals surface area contributed by atoms with E-state index in [1.165, 1.54) is 24.0 Å². The molecule has 1 saturated heterocycles. The molecule has 1 aliphatic rings. The van der Waals surface area contributed by atoms with Crippen LogP contribution in [-0.2, 0) is 6.54 Å². The van der Waals surface area contributed by atoms with E-state index in [2.05, 4.69) is 53.3 Å². The molecule has 2 rings (SSSR count). The van der Waals surface area contributed by atoms with Gasteiger partial charge < -0.3 is 10.2 Å². The molecule has 0 aromatic heterocycles. The van der Waals surface area contributed by atoms with Crippen LogP contribution in [0.4, 0.5) is 0 Å². The first-order valence-corrected chi connectivity index (χ1v) is 7.21. The number of rotatable bonds is 2. The molecule has 0 unspecified atom stereocenters. The Kier molecular flexibility index (Phi) is 4.83. The molecule has 0 aliphatic carbocycles. The van der Waals surface area contributed by atoms with Crippen LogP contribution in [0.1, 0.15) is 30.9 Å². The highest BCUT2D eigenvalue weighted by molar-refractivity contribution is 5.80. The molecule has 1 fully saturated rings. The van der Waals surface area contributed by atoms with Crippen molar-refractivity contribution in [1.29, 1.82) is 0 Å². The van der Waals surface area contributed by atoms with Crippen molar-refractivity contribution in [3.63, 3.8) is 0 Å². The minimum absolute atomic E-state index is 0.853. The maximum absolute atomic E-state index is 4.41. The Balaban J connectivity index is 1.92. The number of hydrogen-bond acceptors (Lipinski definition) is 1. The molecule has 104 valence electrons. The van der Waals surface area contributed by atoms with Gasteiger partial charge in [0.1, 0.15) is 0 Å². The van der Waals surface area contributed by atoms with Gasteiger partial charge in [-0.15, -0.1) is 0 Å². The lowest BCUT2D eigenvalue weighted by atomic mass is 9.99. The van der Waals surface area contributed by atoms with Gasteiger partial charge >= 0.3 is 0 Å². The fraction of sp³-hybridized carbons (Fsp3) is 0.562. The monoisotopic (exact) mass is 259 g/mol. The molecule has 0 amide bonds. The SMILES string of the molecule is CN=C(NCc1ccccc1C)N1CCC(C)CC1. The largest absolute Gasteiger partial charge is 0.352 e. The van der Waals surface area contributed by atoms with Crippen molar-refractivity contribution in [2.75, 3.05) is 20.1 Å². The van der Waals surface area contributed by atoms with Crippen molar-refractivity contribution in [3.05, 3.63) is 35.4 Å². The maximum Gasteiger partial charge on any atom is 0.193 e. The van der Waals surface area contributed by atoms with Crippen molar-refractivity contribution in [3.8, 4) is 0 Å². The first-order valence-electron chi connectivity index (χ1n) is 7.21. The highest BCUT2D eigenvalue weighted by Crippen LogP contribution is 2.16. The van der Waals surface area contributed by atoms with Gasteiger partial charge in [-0.05, 0) is 36.8 Å². The van der Waals surface area contributed by atoms with Crippen molar-refractivity contribution in [1.82, 2.24) is 10.2 Å². The lowest BCUT2D eigenvalue weighted by Crippen LogP contribution is -2.45. The summed E-state index contributed by atoms with van der Waals surface area (Å²) in [6, 6.07) is 8.51.